The zero-order valence-corrected chi connectivity index (χ0v) is 16.0. The average molecular weight is 324 g/mol. The number of aromatic nitrogens is 2. The Labute approximate surface area is 146 Å². The molecule has 0 aliphatic heterocycles. The molecule has 24 heavy (non-hydrogen) atoms. The summed E-state index contributed by atoms with van der Waals surface area (Å²) in [5, 5.41) is 0. The predicted octanol–water partition coefficient (Wildman–Crippen LogP) is 4.93. The zero-order valence-electron chi connectivity index (χ0n) is 16.0. The van der Waals surface area contributed by atoms with E-state index in [4.69, 9.17) is 0 Å². The molecule has 0 radical (unpaired) electrons. The topological polar surface area (TPSA) is 8.81 Å². The standard InChI is InChI=1S/C22H31N2/c1-14-9-15(2)21(16(3)10-14)24-8-7-23(13-24)20-12-18-11-19(17(20)4)22(18,5)6/h7-10,13,17-20H,11-12H2,1-6H3/q+1. The van der Waals surface area contributed by atoms with Crippen molar-refractivity contribution in [3.05, 3.63) is 47.5 Å². The Morgan fingerprint density at radius 2 is 1.75 bits per heavy atom. The monoisotopic (exact) mass is 323 g/mol. The maximum atomic E-state index is 2.48. The first kappa shape index (κ1) is 15.9. The van der Waals surface area contributed by atoms with Gasteiger partial charge in [-0.1, -0.05) is 38.5 Å². The Kier molecular flexibility index (Phi) is 3.46. The van der Waals surface area contributed by atoms with Crippen molar-refractivity contribution in [2.75, 3.05) is 0 Å². The van der Waals surface area contributed by atoms with Crippen LogP contribution < -0.4 is 4.57 Å². The smallest absolute Gasteiger partial charge is 0.233 e. The van der Waals surface area contributed by atoms with Crippen LogP contribution in [0.25, 0.3) is 5.69 Å². The first-order chi connectivity index (χ1) is 11.3. The zero-order chi connectivity index (χ0) is 17.2. The Morgan fingerprint density at radius 1 is 1.08 bits per heavy atom. The quantitative estimate of drug-likeness (QED) is 0.693. The van der Waals surface area contributed by atoms with Gasteiger partial charge < -0.3 is 0 Å². The van der Waals surface area contributed by atoms with Gasteiger partial charge in [0.05, 0.1) is 0 Å². The minimum atomic E-state index is 0.559. The van der Waals surface area contributed by atoms with Crippen molar-refractivity contribution < 1.29 is 4.57 Å². The number of nitrogens with zero attached hydrogens (tertiary/aromatic N) is 2. The lowest BCUT2D eigenvalue weighted by Gasteiger charge is -2.61. The van der Waals surface area contributed by atoms with Gasteiger partial charge in [-0.15, -0.1) is 0 Å². The van der Waals surface area contributed by atoms with Crippen molar-refractivity contribution >= 4 is 0 Å². The summed E-state index contributed by atoms with van der Waals surface area (Å²) in [4.78, 5) is 0. The van der Waals surface area contributed by atoms with Crippen molar-refractivity contribution in [1.82, 2.24) is 4.57 Å². The second-order valence-electron chi connectivity index (χ2n) is 9.04. The molecule has 5 rings (SSSR count). The van der Waals surface area contributed by atoms with Crippen LogP contribution in [0.15, 0.2) is 30.9 Å². The van der Waals surface area contributed by atoms with Gasteiger partial charge in [-0.25, -0.2) is 9.13 Å². The van der Waals surface area contributed by atoms with Crippen molar-refractivity contribution in [3.63, 3.8) is 0 Å². The number of hydrogen-bond donors (Lipinski definition) is 0. The number of fused-ring (bicyclic) bond motifs is 2. The SMILES string of the molecule is Cc1cc(C)c(-n2cc[n+](C3CC4CC(C3C)C4(C)C)c2)c(C)c1. The molecule has 1 aromatic heterocycles. The van der Waals surface area contributed by atoms with E-state index in [0.29, 0.717) is 11.5 Å². The van der Waals surface area contributed by atoms with Crippen molar-refractivity contribution in [3.8, 4) is 5.69 Å². The highest BCUT2D eigenvalue weighted by Gasteiger charge is 2.57. The summed E-state index contributed by atoms with van der Waals surface area (Å²) in [5.74, 6) is 2.56. The molecule has 2 heteroatoms. The van der Waals surface area contributed by atoms with Gasteiger partial charge in [0.1, 0.15) is 24.1 Å². The fourth-order valence-electron chi connectivity index (χ4n) is 5.79. The molecule has 2 aromatic rings. The number of aryl methyl sites for hydroxylation is 3. The van der Waals surface area contributed by atoms with E-state index in [-0.39, 0.29) is 0 Å². The molecule has 3 aliphatic rings. The van der Waals surface area contributed by atoms with E-state index in [1.54, 1.807) is 0 Å². The minimum absolute atomic E-state index is 0.559. The van der Waals surface area contributed by atoms with Crippen LogP contribution in [0.3, 0.4) is 0 Å². The summed E-state index contributed by atoms with van der Waals surface area (Å²) >= 11 is 0. The fraction of sp³-hybridized carbons (Fsp3) is 0.591. The van der Waals surface area contributed by atoms with E-state index in [2.05, 4.69) is 81.5 Å². The third-order valence-corrected chi connectivity index (χ3v) is 7.25. The Morgan fingerprint density at radius 3 is 2.33 bits per heavy atom. The molecule has 3 aliphatic carbocycles. The van der Waals surface area contributed by atoms with Crippen LogP contribution in [0, 0.1) is 43.9 Å². The van der Waals surface area contributed by atoms with Crippen LogP contribution >= 0.6 is 0 Å². The van der Waals surface area contributed by atoms with E-state index < -0.39 is 0 Å². The second-order valence-corrected chi connectivity index (χ2v) is 9.04. The minimum Gasteiger partial charge on any atom is -0.233 e. The maximum absolute atomic E-state index is 2.48. The van der Waals surface area contributed by atoms with E-state index in [0.717, 1.165) is 17.8 Å². The van der Waals surface area contributed by atoms with Crippen molar-refractivity contribution in [1.29, 1.82) is 0 Å². The van der Waals surface area contributed by atoms with E-state index in [1.807, 2.05) is 0 Å². The molecular formula is C22H31N2+. The van der Waals surface area contributed by atoms with E-state index in [1.165, 1.54) is 35.2 Å². The van der Waals surface area contributed by atoms with Gasteiger partial charge in [0.15, 0.2) is 0 Å². The molecule has 0 saturated heterocycles. The van der Waals surface area contributed by atoms with Crippen LogP contribution in [0.5, 0.6) is 0 Å². The molecule has 2 nitrogen and oxygen atoms in total. The summed E-state index contributed by atoms with van der Waals surface area (Å²) in [6, 6.07) is 5.23. The van der Waals surface area contributed by atoms with Gasteiger partial charge in [-0.2, -0.15) is 0 Å². The fourth-order valence-corrected chi connectivity index (χ4v) is 5.79. The molecule has 0 spiro atoms. The van der Waals surface area contributed by atoms with E-state index >= 15 is 0 Å². The number of benzene rings is 1. The van der Waals surface area contributed by atoms with Crippen molar-refractivity contribution in [2.45, 2.75) is 60.4 Å². The Bertz CT molecular complexity index is 760. The summed E-state index contributed by atoms with van der Waals surface area (Å²) in [5.41, 5.74) is 5.96. The second kappa shape index (κ2) is 5.21. The molecule has 3 fully saturated rings. The number of hydrogen-bond acceptors (Lipinski definition) is 0. The summed E-state index contributed by atoms with van der Waals surface area (Å²) in [7, 11) is 0. The van der Waals surface area contributed by atoms with Gasteiger partial charge in [0.2, 0.25) is 6.33 Å². The maximum Gasteiger partial charge on any atom is 0.249 e. The number of rotatable bonds is 2. The molecular weight excluding hydrogens is 292 g/mol. The van der Waals surface area contributed by atoms with E-state index in [9.17, 15) is 0 Å². The van der Waals surface area contributed by atoms with Crippen LogP contribution in [-0.4, -0.2) is 4.57 Å². The highest BCUT2D eigenvalue weighted by atomic mass is 15.1. The van der Waals surface area contributed by atoms with Crippen LogP contribution in [-0.2, 0) is 0 Å². The number of imidazole rings is 1. The third-order valence-electron chi connectivity index (χ3n) is 7.25. The van der Waals surface area contributed by atoms with Crippen LogP contribution in [0.2, 0.25) is 0 Å². The molecule has 0 amide bonds. The average Bonchev–Trinajstić information content (AvgIpc) is 2.95. The predicted molar refractivity (Wildman–Crippen MR) is 98.4 cm³/mol. The van der Waals surface area contributed by atoms with Crippen LogP contribution in [0.4, 0.5) is 0 Å². The third kappa shape index (κ3) is 2.18. The highest BCUT2D eigenvalue weighted by molar-refractivity contribution is 5.48. The highest BCUT2D eigenvalue weighted by Crippen LogP contribution is 2.63. The molecule has 128 valence electrons. The van der Waals surface area contributed by atoms with Crippen LogP contribution in [0.1, 0.15) is 56.3 Å². The summed E-state index contributed by atoms with van der Waals surface area (Å²) < 4.78 is 4.81. The van der Waals surface area contributed by atoms with Gasteiger partial charge in [0, 0.05) is 5.92 Å². The largest absolute Gasteiger partial charge is 0.249 e. The first-order valence-corrected chi connectivity index (χ1v) is 9.46. The Balaban J connectivity index is 1.65. The molecule has 4 unspecified atom stereocenters. The molecule has 2 bridgehead atoms. The lowest BCUT2D eigenvalue weighted by atomic mass is 9.44. The Hall–Kier alpha value is -1.57. The molecule has 3 saturated carbocycles. The molecule has 1 heterocycles. The summed E-state index contributed by atoms with van der Waals surface area (Å²) in [6.07, 6.45) is 9.64. The lowest BCUT2D eigenvalue weighted by Crippen LogP contribution is -2.60. The molecule has 1 aromatic carbocycles. The van der Waals surface area contributed by atoms with Gasteiger partial charge in [0.25, 0.3) is 0 Å². The summed E-state index contributed by atoms with van der Waals surface area (Å²) in [6.45, 7) is 14.1. The molecule has 0 N–H and O–H groups in total. The van der Waals surface area contributed by atoms with Crippen molar-refractivity contribution in [2.24, 2.45) is 23.2 Å². The lowest BCUT2D eigenvalue weighted by molar-refractivity contribution is -0.737. The van der Waals surface area contributed by atoms with Gasteiger partial charge in [-0.3, -0.25) is 0 Å². The van der Waals surface area contributed by atoms with Gasteiger partial charge >= 0.3 is 0 Å². The van der Waals surface area contributed by atoms with Gasteiger partial charge in [-0.05, 0) is 62.0 Å². The first-order valence-electron chi connectivity index (χ1n) is 9.46. The normalized spacial score (nSPS) is 30.9. The molecule has 4 atom stereocenters.